The molecule has 1 fully saturated rings. The standard InChI is InChI=1S/C33H48N4O10/c38-32(37-10-8-34-6-7-35-9-11-37)26-36-33(39)30-5-4-29-25-31(30)47-23-19-43-15-14-41-17-21-45-28-3-1-2-27(24-28)44-20-16-40-12-13-42-18-22-46-29/h1-5,24-25,34-35H,6-23,26H2,(H,36,39). The summed E-state index contributed by atoms with van der Waals surface area (Å²) in [4.78, 5) is 27.8. The van der Waals surface area contributed by atoms with Crippen molar-refractivity contribution >= 4 is 11.8 Å². The van der Waals surface area contributed by atoms with Gasteiger partial charge in [0.15, 0.2) is 0 Å². The summed E-state index contributed by atoms with van der Waals surface area (Å²) in [5.74, 6) is 1.67. The molecule has 0 aromatic heterocycles. The van der Waals surface area contributed by atoms with Crippen molar-refractivity contribution in [3.8, 4) is 23.0 Å². The van der Waals surface area contributed by atoms with Crippen molar-refractivity contribution in [3.05, 3.63) is 48.0 Å². The number of ether oxygens (including phenoxy) is 8. The molecule has 14 nitrogen and oxygen atoms in total. The first-order chi connectivity index (χ1) is 23.2. The molecule has 2 aliphatic rings. The van der Waals surface area contributed by atoms with Crippen molar-refractivity contribution in [2.24, 2.45) is 0 Å². The average molecular weight is 661 g/mol. The lowest BCUT2D eigenvalue weighted by Gasteiger charge is -2.22. The smallest absolute Gasteiger partial charge is 0.255 e. The maximum Gasteiger partial charge on any atom is 0.255 e. The number of nitrogens with one attached hydrogen (secondary N) is 3. The van der Waals surface area contributed by atoms with Crippen LogP contribution in [0.4, 0.5) is 0 Å². The largest absolute Gasteiger partial charge is 0.491 e. The SMILES string of the molecule is O=C(NCC(=O)N1CCNCCNCC1)c1ccc2cc1OCCOCCOCCOc1cccc(c1)OCCOCCOCCO2. The monoisotopic (exact) mass is 660 g/mol. The van der Waals surface area contributed by atoms with Gasteiger partial charge in [0.2, 0.25) is 5.91 Å². The molecule has 0 atom stereocenters. The van der Waals surface area contributed by atoms with E-state index in [0.29, 0.717) is 115 Å². The van der Waals surface area contributed by atoms with Crippen LogP contribution in [0.5, 0.6) is 23.0 Å². The molecular formula is C33H48N4O10. The Balaban J connectivity index is 1.28. The van der Waals surface area contributed by atoms with Crippen LogP contribution in [0.3, 0.4) is 0 Å². The summed E-state index contributed by atoms with van der Waals surface area (Å²) in [5, 5.41) is 9.32. The van der Waals surface area contributed by atoms with Gasteiger partial charge in [0.25, 0.3) is 5.91 Å². The van der Waals surface area contributed by atoms with Gasteiger partial charge in [-0.1, -0.05) is 6.07 Å². The Kier molecular flexibility index (Phi) is 16.9. The van der Waals surface area contributed by atoms with E-state index in [1.54, 1.807) is 23.1 Å². The molecule has 2 aliphatic heterocycles. The second kappa shape index (κ2) is 22.0. The molecule has 0 spiro atoms. The van der Waals surface area contributed by atoms with Gasteiger partial charge in [-0.15, -0.1) is 0 Å². The minimum atomic E-state index is -0.419. The molecule has 0 radical (unpaired) electrons. The predicted molar refractivity (Wildman–Crippen MR) is 173 cm³/mol. The Hall–Kier alpha value is -3.66. The average Bonchev–Trinajstić information content (AvgIpc) is 3.23. The van der Waals surface area contributed by atoms with Crippen molar-refractivity contribution in [3.63, 3.8) is 0 Å². The highest BCUT2D eigenvalue weighted by Crippen LogP contribution is 2.25. The summed E-state index contributed by atoms with van der Waals surface area (Å²) < 4.78 is 45.7. The van der Waals surface area contributed by atoms with E-state index in [9.17, 15) is 9.59 Å². The quantitative estimate of drug-likeness (QED) is 0.427. The molecule has 0 saturated carbocycles. The molecule has 4 rings (SSSR count). The summed E-state index contributed by atoms with van der Waals surface area (Å²) in [6, 6.07) is 12.4. The number of hydrogen-bond acceptors (Lipinski definition) is 12. The van der Waals surface area contributed by atoms with E-state index in [4.69, 9.17) is 37.9 Å². The summed E-state index contributed by atoms with van der Waals surface area (Å²) in [6.45, 7) is 8.47. The Bertz CT molecular complexity index is 1190. The number of nitrogens with zero attached hydrogens (tertiary/aromatic N) is 1. The molecule has 0 unspecified atom stereocenters. The van der Waals surface area contributed by atoms with E-state index < -0.39 is 5.91 Å². The van der Waals surface area contributed by atoms with Crippen molar-refractivity contribution < 1.29 is 47.5 Å². The summed E-state index contributed by atoms with van der Waals surface area (Å²) in [5.41, 5.74) is 0.289. The van der Waals surface area contributed by atoms with Crippen molar-refractivity contribution in [1.82, 2.24) is 20.9 Å². The highest BCUT2D eigenvalue weighted by atomic mass is 16.6. The summed E-state index contributed by atoms with van der Waals surface area (Å²) >= 11 is 0. The topological polar surface area (TPSA) is 147 Å². The van der Waals surface area contributed by atoms with Crippen molar-refractivity contribution in [2.75, 3.05) is 125 Å². The second-order valence-corrected chi connectivity index (χ2v) is 10.5. The maximum atomic E-state index is 13.2. The van der Waals surface area contributed by atoms with Gasteiger partial charge in [0, 0.05) is 51.4 Å². The van der Waals surface area contributed by atoms with Gasteiger partial charge in [-0.2, -0.15) is 0 Å². The molecule has 260 valence electrons. The molecule has 2 heterocycles. The number of carbonyl (C=O) groups is 2. The molecular weight excluding hydrogens is 612 g/mol. The third kappa shape index (κ3) is 14.3. The maximum absolute atomic E-state index is 13.2. The van der Waals surface area contributed by atoms with E-state index in [2.05, 4.69) is 16.0 Å². The van der Waals surface area contributed by atoms with Crippen LogP contribution in [0.25, 0.3) is 0 Å². The second-order valence-electron chi connectivity index (χ2n) is 10.5. The van der Waals surface area contributed by atoms with E-state index in [-0.39, 0.29) is 31.2 Å². The first-order valence-electron chi connectivity index (χ1n) is 16.2. The minimum Gasteiger partial charge on any atom is -0.491 e. The lowest BCUT2D eigenvalue weighted by molar-refractivity contribution is -0.130. The third-order valence-electron chi connectivity index (χ3n) is 7.07. The zero-order valence-corrected chi connectivity index (χ0v) is 27.0. The van der Waals surface area contributed by atoms with Crippen LogP contribution in [0.2, 0.25) is 0 Å². The highest BCUT2D eigenvalue weighted by Gasteiger charge is 2.18. The number of amides is 2. The number of fused-ring (bicyclic) bond motifs is 4. The molecule has 14 heteroatoms. The zero-order valence-electron chi connectivity index (χ0n) is 27.0. The Morgan fingerprint density at radius 1 is 0.596 bits per heavy atom. The van der Waals surface area contributed by atoms with Gasteiger partial charge in [-0.3, -0.25) is 9.59 Å². The molecule has 0 aliphatic carbocycles. The van der Waals surface area contributed by atoms with Crippen LogP contribution in [-0.4, -0.2) is 142 Å². The van der Waals surface area contributed by atoms with Crippen molar-refractivity contribution in [1.29, 1.82) is 0 Å². The van der Waals surface area contributed by atoms with E-state index in [1.807, 2.05) is 24.3 Å². The van der Waals surface area contributed by atoms with Gasteiger partial charge in [-0.25, -0.2) is 0 Å². The first-order valence-corrected chi connectivity index (χ1v) is 16.2. The first kappa shape index (κ1) is 36.2. The van der Waals surface area contributed by atoms with Crippen LogP contribution in [0.15, 0.2) is 42.5 Å². The highest BCUT2D eigenvalue weighted by molar-refractivity contribution is 5.99. The minimum absolute atomic E-state index is 0.120. The van der Waals surface area contributed by atoms with Crippen LogP contribution >= 0.6 is 0 Å². The van der Waals surface area contributed by atoms with Crippen molar-refractivity contribution in [2.45, 2.75) is 0 Å². The third-order valence-corrected chi connectivity index (χ3v) is 7.07. The Morgan fingerprint density at radius 3 is 1.64 bits per heavy atom. The molecule has 4 bridgehead atoms. The van der Waals surface area contributed by atoms with Gasteiger partial charge < -0.3 is 58.7 Å². The van der Waals surface area contributed by atoms with E-state index >= 15 is 0 Å². The number of carbonyl (C=O) groups excluding carboxylic acids is 2. The van der Waals surface area contributed by atoms with Gasteiger partial charge in [-0.05, 0) is 24.3 Å². The molecule has 2 aromatic carbocycles. The van der Waals surface area contributed by atoms with Gasteiger partial charge in [0.05, 0.1) is 65.0 Å². The van der Waals surface area contributed by atoms with E-state index in [0.717, 1.165) is 13.1 Å². The lowest BCUT2D eigenvalue weighted by Crippen LogP contribution is -2.44. The Labute approximate surface area is 276 Å². The van der Waals surface area contributed by atoms with Crippen LogP contribution < -0.4 is 34.9 Å². The van der Waals surface area contributed by atoms with Crippen LogP contribution in [-0.2, 0) is 23.7 Å². The molecule has 3 N–H and O–H groups in total. The molecule has 2 aromatic rings. The number of benzene rings is 2. The fourth-order valence-electron chi connectivity index (χ4n) is 4.64. The van der Waals surface area contributed by atoms with Gasteiger partial charge >= 0.3 is 0 Å². The number of rotatable bonds is 3. The fraction of sp³-hybridized carbons (Fsp3) is 0.576. The van der Waals surface area contributed by atoms with Crippen LogP contribution in [0.1, 0.15) is 10.4 Å². The summed E-state index contributed by atoms with van der Waals surface area (Å²) in [7, 11) is 0. The summed E-state index contributed by atoms with van der Waals surface area (Å²) in [6.07, 6.45) is 0. The molecule has 47 heavy (non-hydrogen) atoms. The van der Waals surface area contributed by atoms with Crippen LogP contribution in [0, 0.1) is 0 Å². The fourth-order valence-corrected chi connectivity index (χ4v) is 4.64. The Morgan fingerprint density at radius 2 is 1.09 bits per heavy atom. The molecule has 2 amide bonds. The van der Waals surface area contributed by atoms with Gasteiger partial charge in [0.1, 0.15) is 49.4 Å². The normalized spacial score (nSPS) is 18.8. The van der Waals surface area contributed by atoms with E-state index in [1.165, 1.54) is 0 Å². The zero-order chi connectivity index (χ0) is 32.8. The molecule has 1 saturated heterocycles. The number of hydrogen-bond donors (Lipinski definition) is 3. The lowest BCUT2D eigenvalue weighted by atomic mass is 10.1. The predicted octanol–water partition coefficient (Wildman–Crippen LogP) is 0.733.